The zero-order chi connectivity index (χ0) is 32.1. The number of ether oxygens (including phenoxy) is 3. The van der Waals surface area contributed by atoms with Crippen molar-refractivity contribution in [3.05, 3.63) is 112 Å². The molecule has 2 heterocycles. The van der Waals surface area contributed by atoms with Gasteiger partial charge in [0, 0.05) is 24.9 Å². The molecule has 2 N–H and O–H groups in total. The molecule has 0 bridgehead atoms. The van der Waals surface area contributed by atoms with E-state index in [0.29, 0.717) is 11.7 Å². The van der Waals surface area contributed by atoms with Crippen molar-refractivity contribution >= 4 is 35.1 Å². The molecule has 5 rings (SSSR count). The maximum Gasteiger partial charge on any atom is 0.303 e. The summed E-state index contributed by atoms with van der Waals surface area (Å²) >= 11 is 12.5. The summed E-state index contributed by atoms with van der Waals surface area (Å²) < 4.78 is 19.9. The Labute approximate surface area is 272 Å². The van der Waals surface area contributed by atoms with Crippen LogP contribution in [-0.2, 0) is 43.5 Å². The second-order valence-corrected chi connectivity index (χ2v) is 11.8. The molecule has 1 aromatic heterocycles. The number of carbonyl (C=O) groups is 2. The van der Waals surface area contributed by atoms with E-state index in [1.54, 1.807) is 10.9 Å². The number of nitrogens with zero attached hydrogens (tertiary/aromatic N) is 2. The molecule has 1 aliphatic heterocycles. The number of esters is 1. The average molecular weight is 653 g/mol. The molecule has 0 saturated carbocycles. The number of hydrogen-bond donors (Lipinski definition) is 2. The van der Waals surface area contributed by atoms with E-state index in [1.807, 2.05) is 72.8 Å². The van der Waals surface area contributed by atoms with Crippen LogP contribution >= 0.6 is 23.2 Å². The van der Waals surface area contributed by atoms with Crippen molar-refractivity contribution in [3.8, 4) is 11.1 Å². The van der Waals surface area contributed by atoms with E-state index in [0.717, 1.165) is 33.4 Å². The number of halogens is 2. The number of amides is 1. The van der Waals surface area contributed by atoms with Crippen molar-refractivity contribution in [2.24, 2.45) is 5.92 Å². The highest BCUT2D eigenvalue weighted by atomic mass is 35.5. The zero-order valence-corrected chi connectivity index (χ0v) is 26.7. The SMILES string of the molecule is CC(=O)O[C@@H](C)C(=O)NCc1cccc(-c2cccc([C@H]3O[C@@H](Cn4cnc(Cl)c4Cl)[C@@H](C)[C@@H](c4ccc(CO)cc4)O3)c2)c1. The fourth-order valence-corrected chi connectivity index (χ4v) is 5.67. The summed E-state index contributed by atoms with van der Waals surface area (Å²) in [5.41, 5.74) is 5.42. The molecule has 9 nitrogen and oxygen atoms in total. The average Bonchev–Trinajstić information content (AvgIpc) is 3.36. The minimum Gasteiger partial charge on any atom is -0.453 e. The standard InChI is InChI=1S/C34H35Cl2N3O6/c1-20-29(17-39-19-38-31(35)32(39)36)44-34(45-30(20)25-12-10-23(18-40)11-13-25)28-9-5-8-27(15-28)26-7-4-6-24(14-26)16-37-33(42)21(2)43-22(3)41/h4-15,19-21,29-30,34,40H,16-18H2,1-3H3,(H,37,42)/t20-,21+,29+,30+,34+/m1/s1. The monoisotopic (exact) mass is 651 g/mol. The first kappa shape index (κ1) is 32.7. The molecule has 0 unspecified atom stereocenters. The highest BCUT2D eigenvalue weighted by Gasteiger charge is 2.39. The smallest absolute Gasteiger partial charge is 0.303 e. The van der Waals surface area contributed by atoms with E-state index in [2.05, 4.69) is 17.2 Å². The summed E-state index contributed by atoms with van der Waals surface area (Å²) in [4.78, 5) is 27.6. The second kappa shape index (κ2) is 14.6. The summed E-state index contributed by atoms with van der Waals surface area (Å²) in [5, 5.41) is 12.9. The van der Waals surface area contributed by atoms with Crippen LogP contribution in [-0.4, -0.2) is 38.7 Å². The largest absolute Gasteiger partial charge is 0.453 e. The Morgan fingerprint density at radius 3 is 2.38 bits per heavy atom. The van der Waals surface area contributed by atoms with E-state index < -0.39 is 18.4 Å². The van der Waals surface area contributed by atoms with Crippen LogP contribution in [0.25, 0.3) is 11.1 Å². The van der Waals surface area contributed by atoms with Crippen LogP contribution in [0.15, 0.2) is 79.1 Å². The minimum atomic E-state index is -0.873. The summed E-state index contributed by atoms with van der Waals surface area (Å²) in [7, 11) is 0. The second-order valence-electron chi connectivity index (χ2n) is 11.1. The number of imidazole rings is 1. The fraction of sp³-hybridized carbons (Fsp3) is 0.324. The topological polar surface area (TPSA) is 112 Å². The lowest BCUT2D eigenvalue weighted by molar-refractivity contribution is -0.276. The van der Waals surface area contributed by atoms with Crippen LogP contribution in [0.1, 0.15) is 55.4 Å². The van der Waals surface area contributed by atoms with Gasteiger partial charge in [-0.3, -0.25) is 9.59 Å². The first-order chi connectivity index (χ1) is 21.6. The van der Waals surface area contributed by atoms with Gasteiger partial charge in [0.2, 0.25) is 0 Å². The number of carbonyl (C=O) groups excluding carboxylic acids is 2. The Morgan fingerprint density at radius 1 is 1.00 bits per heavy atom. The van der Waals surface area contributed by atoms with Crippen LogP contribution in [0.2, 0.25) is 10.3 Å². The maximum atomic E-state index is 12.3. The van der Waals surface area contributed by atoms with Crippen molar-refractivity contribution in [2.45, 2.75) is 65.1 Å². The number of aliphatic hydroxyl groups excluding tert-OH is 1. The Balaban J connectivity index is 1.38. The minimum absolute atomic E-state index is 0.0383. The maximum absolute atomic E-state index is 12.3. The Kier molecular flexibility index (Phi) is 10.6. The molecule has 45 heavy (non-hydrogen) atoms. The van der Waals surface area contributed by atoms with Gasteiger partial charge in [-0.2, -0.15) is 0 Å². The quantitative estimate of drug-likeness (QED) is 0.191. The van der Waals surface area contributed by atoms with Crippen LogP contribution in [0.4, 0.5) is 0 Å². The number of nitrogens with one attached hydrogen (secondary N) is 1. The molecular formula is C34H35Cl2N3O6. The predicted octanol–water partition coefficient (Wildman–Crippen LogP) is 6.41. The summed E-state index contributed by atoms with van der Waals surface area (Å²) in [6.45, 7) is 5.55. The molecule has 11 heteroatoms. The van der Waals surface area contributed by atoms with E-state index in [4.69, 9.17) is 37.4 Å². The van der Waals surface area contributed by atoms with Gasteiger partial charge < -0.3 is 29.2 Å². The first-order valence-corrected chi connectivity index (χ1v) is 15.4. The van der Waals surface area contributed by atoms with E-state index in [1.165, 1.54) is 13.8 Å². The summed E-state index contributed by atoms with van der Waals surface area (Å²) in [5.74, 6) is -0.933. The number of rotatable bonds is 10. The van der Waals surface area contributed by atoms with Crippen molar-refractivity contribution < 1.29 is 28.9 Å². The van der Waals surface area contributed by atoms with E-state index in [-0.39, 0.29) is 42.3 Å². The molecule has 1 saturated heterocycles. The van der Waals surface area contributed by atoms with Gasteiger partial charge in [0.15, 0.2) is 17.5 Å². The molecule has 5 atom stereocenters. The van der Waals surface area contributed by atoms with Crippen LogP contribution < -0.4 is 5.32 Å². The highest BCUT2D eigenvalue weighted by Crippen LogP contribution is 2.43. The Bertz CT molecular complexity index is 1640. The van der Waals surface area contributed by atoms with Gasteiger partial charge in [-0.1, -0.05) is 90.8 Å². The molecule has 1 amide bonds. The third-order valence-corrected chi connectivity index (χ3v) is 8.60. The molecule has 0 spiro atoms. The predicted molar refractivity (Wildman–Crippen MR) is 170 cm³/mol. The third-order valence-electron chi connectivity index (χ3n) is 7.83. The van der Waals surface area contributed by atoms with Gasteiger partial charge in [0.25, 0.3) is 5.91 Å². The lowest BCUT2D eigenvalue weighted by Gasteiger charge is -2.41. The summed E-state index contributed by atoms with van der Waals surface area (Å²) in [6, 6.07) is 23.5. The number of aliphatic hydroxyl groups is 1. The lowest BCUT2D eigenvalue weighted by Crippen LogP contribution is -2.39. The zero-order valence-electron chi connectivity index (χ0n) is 25.2. The van der Waals surface area contributed by atoms with Crippen molar-refractivity contribution in [3.63, 3.8) is 0 Å². The van der Waals surface area contributed by atoms with Gasteiger partial charge in [-0.05, 0) is 46.9 Å². The van der Waals surface area contributed by atoms with Crippen LogP contribution in [0.5, 0.6) is 0 Å². The third kappa shape index (κ3) is 7.92. The summed E-state index contributed by atoms with van der Waals surface area (Å²) in [6.07, 6.45) is -0.550. The van der Waals surface area contributed by atoms with Gasteiger partial charge in [0.1, 0.15) is 5.15 Å². The van der Waals surface area contributed by atoms with Crippen LogP contribution in [0, 0.1) is 5.92 Å². The molecule has 236 valence electrons. The van der Waals surface area contributed by atoms with Gasteiger partial charge >= 0.3 is 5.97 Å². The Morgan fingerprint density at radius 2 is 1.71 bits per heavy atom. The van der Waals surface area contributed by atoms with Gasteiger partial charge in [0.05, 0.1) is 31.7 Å². The van der Waals surface area contributed by atoms with Gasteiger partial charge in [-0.15, -0.1) is 0 Å². The Hall–Kier alpha value is -3.73. The first-order valence-electron chi connectivity index (χ1n) is 14.6. The molecule has 4 aromatic rings. The normalized spacial score (nSPS) is 20.4. The van der Waals surface area contributed by atoms with E-state index in [9.17, 15) is 14.7 Å². The highest BCUT2D eigenvalue weighted by molar-refractivity contribution is 6.40. The lowest BCUT2D eigenvalue weighted by atomic mass is 9.90. The number of benzene rings is 3. The number of hydrogen-bond acceptors (Lipinski definition) is 7. The van der Waals surface area contributed by atoms with Crippen molar-refractivity contribution in [1.82, 2.24) is 14.9 Å². The van der Waals surface area contributed by atoms with Crippen molar-refractivity contribution in [2.75, 3.05) is 0 Å². The molecule has 3 aromatic carbocycles. The molecule has 1 fully saturated rings. The van der Waals surface area contributed by atoms with Crippen molar-refractivity contribution in [1.29, 1.82) is 0 Å². The van der Waals surface area contributed by atoms with Crippen LogP contribution in [0.3, 0.4) is 0 Å². The number of aromatic nitrogens is 2. The fourth-order valence-electron chi connectivity index (χ4n) is 5.35. The molecular weight excluding hydrogens is 617 g/mol. The molecule has 1 aliphatic rings. The molecule has 0 radical (unpaired) electrons. The van der Waals surface area contributed by atoms with E-state index >= 15 is 0 Å². The van der Waals surface area contributed by atoms with Gasteiger partial charge in [-0.25, -0.2) is 4.98 Å². The molecule has 0 aliphatic carbocycles.